The standard InChI is InChI=1S/C19H12Br2O5S/c20-14-9-11(5-7-16(14)22)19(12-6-8-17(23)15(21)10-12)13-3-1-2-4-18(13)27(24,25)26/h1-10,22H,(H,24,25,26). The molecule has 0 atom stereocenters. The molecule has 2 N–H and O–H groups in total. The molecule has 3 rings (SSSR count). The Labute approximate surface area is 172 Å². The minimum Gasteiger partial charge on any atom is -0.507 e. The van der Waals surface area contributed by atoms with E-state index in [9.17, 15) is 22.9 Å². The average Bonchev–Trinajstić information content (AvgIpc) is 2.61. The zero-order valence-electron chi connectivity index (χ0n) is 13.6. The molecule has 138 valence electrons. The Morgan fingerprint density at radius 3 is 2.33 bits per heavy atom. The number of carbonyl (C=O) groups is 1. The Kier molecular flexibility index (Phi) is 5.53. The van der Waals surface area contributed by atoms with Gasteiger partial charge in [0.25, 0.3) is 10.1 Å². The van der Waals surface area contributed by atoms with Crippen LogP contribution >= 0.6 is 31.9 Å². The second kappa shape index (κ2) is 7.55. The van der Waals surface area contributed by atoms with Gasteiger partial charge < -0.3 is 5.11 Å². The molecule has 8 heteroatoms. The number of carbonyl (C=O) groups excluding carboxylic acids is 1. The summed E-state index contributed by atoms with van der Waals surface area (Å²) < 4.78 is 34.2. The summed E-state index contributed by atoms with van der Waals surface area (Å²) in [6, 6.07) is 10.7. The average molecular weight is 512 g/mol. The first-order valence-corrected chi connectivity index (χ1v) is 10.6. The van der Waals surface area contributed by atoms with E-state index >= 15 is 0 Å². The highest BCUT2D eigenvalue weighted by Gasteiger charge is 2.22. The Morgan fingerprint density at radius 2 is 1.70 bits per heavy atom. The van der Waals surface area contributed by atoms with Gasteiger partial charge in [0, 0.05) is 5.56 Å². The van der Waals surface area contributed by atoms with Crippen LogP contribution in [-0.2, 0) is 14.9 Å². The van der Waals surface area contributed by atoms with E-state index in [1.807, 2.05) is 0 Å². The maximum atomic E-state index is 11.9. The van der Waals surface area contributed by atoms with E-state index in [0.29, 0.717) is 25.7 Å². The second-order valence-corrected chi connectivity index (χ2v) is 8.76. The van der Waals surface area contributed by atoms with Crippen LogP contribution in [0.5, 0.6) is 5.75 Å². The lowest BCUT2D eigenvalue weighted by molar-refractivity contribution is -0.110. The van der Waals surface area contributed by atoms with E-state index in [4.69, 9.17) is 0 Å². The molecule has 0 bridgehead atoms. The molecule has 0 saturated carbocycles. The van der Waals surface area contributed by atoms with Crippen LogP contribution in [0.2, 0.25) is 0 Å². The summed E-state index contributed by atoms with van der Waals surface area (Å²) in [6.07, 6.45) is 4.52. The quantitative estimate of drug-likeness (QED) is 0.586. The van der Waals surface area contributed by atoms with Crippen molar-refractivity contribution in [1.29, 1.82) is 0 Å². The lowest BCUT2D eigenvalue weighted by atomic mass is 9.91. The van der Waals surface area contributed by atoms with E-state index in [1.165, 1.54) is 24.3 Å². The van der Waals surface area contributed by atoms with Crippen LogP contribution in [0.25, 0.3) is 5.57 Å². The van der Waals surface area contributed by atoms with Gasteiger partial charge in [0.1, 0.15) is 10.6 Å². The van der Waals surface area contributed by atoms with E-state index in [-0.39, 0.29) is 22.0 Å². The number of phenolic OH excluding ortho intramolecular Hbond substituents is 1. The third-order valence-electron chi connectivity index (χ3n) is 3.89. The molecule has 2 aromatic carbocycles. The first kappa shape index (κ1) is 19.8. The molecular weight excluding hydrogens is 500 g/mol. The Bertz CT molecular complexity index is 1140. The highest BCUT2D eigenvalue weighted by Crippen LogP contribution is 2.37. The number of rotatable bonds is 3. The molecule has 0 amide bonds. The van der Waals surface area contributed by atoms with Gasteiger partial charge in [0.15, 0.2) is 5.78 Å². The molecule has 0 unspecified atom stereocenters. The van der Waals surface area contributed by atoms with Crippen molar-refractivity contribution >= 4 is 53.3 Å². The lowest BCUT2D eigenvalue weighted by Crippen LogP contribution is -2.06. The molecule has 0 spiro atoms. The predicted molar refractivity (Wildman–Crippen MR) is 109 cm³/mol. The SMILES string of the molecule is O=C1C=CC(=C(c2ccc(O)c(Br)c2)c2ccccc2S(=O)(=O)O)C=C1Br. The first-order chi connectivity index (χ1) is 12.7. The van der Waals surface area contributed by atoms with E-state index in [1.54, 1.807) is 36.4 Å². The molecule has 2 aromatic rings. The highest BCUT2D eigenvalue weighted by molar-refractivity contribution is 9.12. The van der Waals surface area contributed by atoms with Gasteiger partial charge in [-0.3, -0.25) is 9.35 Å². The zero-order valence-corrected chi connectivity index (χ0v) is 17.5. The smallest absolute Gasteiger partial charge is 0.295 e. The summed E-state index contributed by atoms with van der Waals surface area (Å²) in [5.74, 6) is -0.190. The van der Waals surface area contributed by atoms with Crippen molar-refractivity contribution in [3.8, 4) is 5.75 Å². The summed E-state index contributed by atoms with van der Waals surface area (Å²) in [5.41, 5.74) is 1.89. The molecule has 1 aliphatic carbocycles. The van der Waals surface area contributed by atoms with Gasteiger partial charge in [-0.15, -0.1) is 0 Å². The third-order valence-corrected chi connectivity index (χ3v) is 6.06. The number of hydrogen-bond acceptors (Lipinski definition) is 4. The van der Waals surface area contributed by atoms with E-state index < -0.39 is 10.1 Å². The van der Waals surface area contributed by atoms with Crippen LogP contribution in [-0.4, -0.2) is 23.9 Å². The molecule has 0 aromatic heterocycles. The molecule has 1 aliphatic rings. The van der Waals surface area contributed by atoms with E-state index in [0.717, 1.165) is 0 Å². The van der Waals surface area contributed by atoms with Crippen molar-refractivity contribution in [3.05, 3.63) is 86.3 Å². The Hall–Kier alpha value is -2.00. The molecule has 0 aliphatic heterocycles. The number of ketones is 1. The molecule has 0 fully saturated rings. The van der Waals surface area contributed by atoms with Crippen LogP contribution in [0.3, 0.4) is 0 Å². The molecule has 5 nitrogen and oxygen atoms in total. The first-order valence-electron chi connectivity index (χ1n) is 7.58. The summed E-state index contributed by atoms with van der Waals surface area (Å²) in [5, 5.41) is 9.79. The monoisotopic (exact) mass is 510 g/mol. The van der Waals surface area contributed by atoms with Gasteiger partial charge in [-0.1, -0.05) is 30.3 Å². The molecule has 0 radical (unpaired) electrons. The Balaban J connectivity index is 2.40. The number of allylic oxidation sites excluding steroid dienone is 5. The topological polar surface area (TPSA) is 91.7 Å². The summed E-state index contributed by atoms with van der Waals surface area (Å²) in [7, 11) is -4.49. The van der Waals surface area contributed by atoms with Gasteiger partial charge in [-0.05, 0) is 78.9 Å². The predicted octanol–water partition coefficient (Wildman–Crippen LogP) is 4.62. The fourth-order valence-electron chi connectivity index (χ4n) is 2.69. The van der Waals surface area contributed by atoms with Crippen LogP contribution in [0.1, 0.15) is 11.1 Å². The van der Waals surface area contributed by atoms with Crippen molar-refractivity contribution in [2.45, 2.75) is 4.90 Å². The number of phenols is 1. The number of hydrogen-bond donors (Lipinski definition) is 2. The van der Waals surface area contributed by atoms with Gasteiger partial charge in [-0.2, -0.15) is 8.42 Å². The number of halogens is 2. The minimum atomic E-state index is -4.49. The summed E-state index contributed by atoms with van der Waals surface area (Å²) in [6.45, 7) is 0. The largest absolute Gasteiger partial charge is 0.507 e. The van der Waals surface area contributed by atoms with Crippen LogP contribution in [0.15, 0.2) is 80.1 Å². The zero-order chi connectivity index (χ0) is 19.8. The fraction of sp³-hybridized carbons (Fsp3) is 0. The van der Waals surface area contributed by atoms with Crippen molar-refractivity contribution in [2.75, 3.05) is 0 Å². The van der Waals surface area contributed by atoms with E-state index in [2.05, 4.69) is 31.9 Å². The second-order valence-electron chi connectivity index (χ2n) is 5.66. The van der Waals surface area contributed by atoms with Crippen LogP contribution < -0.4 is 0 Å². The molecule has 0 heterocycles. The highest BCUT2D eigenvalue weighted by atomic mass is 79.9. The minimum absolute atomic E-state index is 0.0252. The molecule has 27 heavy (non-hydrogen) atoms. The lowest BCUT2D eigenvalue weighted by Gasteiger charge is -2.17. The fourth-order valence-corrected chi connectivity index (χ4v) is 4.15. The van der Waals surface area contributed by atoms with Crippen molar-refractivity contribution < 1.29 is 22.9 Å². The van der Waals surface area contributed by atoms with Crippen LogP contribution in [0.4, 0.5) is 0 Å². The Morgan fingerprint density at radius 1 is 1.00 bits per heavy atom. The summed E-state index contributed by atoms with van der Waals surface area (Å²) >= 11 is 6.45. The van der Waals surface area contributed by atoms with Crippen molar-refractivity contribution in [3.63, 3.8) is 0 Å². The number of aromatic hydroxyl groups is 1. The summed E-state index contributed by atoms with van der Waals surface area (Å²) in [4.78, 5) is 11.5. The third kappa shape index (κ3) is 4.14. The van der Waals surface area contributed by atoms with Crippen molar-refractivity contribution in [2.24, 2.45) is 0 Å². The molecule has 0 saturated heterocycles. The van der Waals surface area contributed by atoms with Gasteiger partial charge in [0.2, 0.25) is 0 Å². The van der Waals surface area contributed by atoms with Gasteiger partial charge >= 0.3 is 0 Å². The van der Waals surface area contributed by atoms with Crippen LogP contribution in [0, 0.1) is 0 Å². The molecular formula is C19H12Br2O5S. The maximum absolute atomic E-state index is 11.9. The van der Waals surface area contributed by atoms with Gasteiger partial charge in [0.05, 0.1) is 8.96 Å². The number of benzene rings is 2. The maximum Gasteiger partial charge on any atom is 0.295 e. The normalized spacial score (nSPS) is 16.3. The van der Waals surface area contributed by atoms with Crippen molar-refractivity contribution in [1.82, 2.24) is 0 Å². The van der Waals surface area contributed by atoms with Gasteiger partial charge in [-0.25, -0.2) is 0 Å².